The minimum Gasteiger partial charge on any atom is -0.493 e. The van der Waals surface area contributed by atoms with Crippen molar-refractivity contribution in [3.05, 3.63) is 17.7 Å². The lowest BCUT2D eigenvalue weighted by molar-refractivity contribution is 0.164. The van der Waals surface area contributed by atoms with Crippen LogP contribution in [0.5, 0.6) is 17.2 Å². The molecule has 1 fully saturated rings. The number of benzene rings is 1. The standard InChI is InChI=1S/C17H25NO3/c1-17(6-4-3-5-7-17)18-12-13-10-14(19-2)16-15(11-13)20-8-9-21-16/h10-11,18H,3-9,12H2,1-2H3. The van der Waals surface area contributed by atoms with E-state index in [2.05, 4.69) is 18.3 Å². The predicted octanol–water partition coefficient (Wildman–Crippen LogP) is 3.28. The van der Waals surface area contributed by atoms with E-state index < -0.39 is 0 Å². The van der Waals surface area contributed by atoms with Crippen LogP contribution in [0, 0.1) is 0 Å². The van der Waals surface area contributed by atoms with Gasteiger partial charge in [-0.1, -0.05) is 19.3 Å². The lowest BCUT2D eigenvalue weighted by atomic mass is 9.83. The van der Waals surface area contributed by atoms with Crippen LogP contribution in [0.1, 0.15) is 44.6 Å². The SMILES string of the molecule is COc1cc(CNC2(C)CCCCC2)cc2c1OCCO2. The van der Waals surface area contributed by atoms with Crippen molar-refractivity contribution in [1.29, 1.82) is 0 Å². The molecule has 1 aliphatic carbocycles. The highest BCUT2D eigenvalue weighted by molar-refractivity contribution is 5.54. The van der Waals surface area contributed by atoms with Crippen molar-refractivity contribution in [1.82, 2.24) is 5.32 Å². The molecule has 2 aliphatic rings. The Morgan fingerprint density at radius 1 is 1.14 bits per heavy atom. The van der Waals surface area contributed by atoms with Gasteiger partial charge < -0.3 is 19.5 Å². The molecule has 0 atom stereocenters. The number of hydrogen-bond acceptors (Lipinski definition) is 4. The second-order valence-corrected chi connectivity index (χ2v) is 6.30. The molecule has 1 heterocycles. The smallest absolute Gasteiger partial charge is 0.203 e. The maximum absolute atomic E-state index is 5.69. The first kappa shape index (κ1) is 14.5. The van der Waals surface area contributed by atoms with Crippen molar-refractivity contribution < 1.29 is 14.2 Å². The maximum Gasteiger partial charge on any atom is 0.203 e. The summed E-state index contributed by atoms with van der Waals surface area (Å²) in [5.41, 5.74) is 1.45. The number of methoxy groups -OCH3 is 1. The molecular weight excluding hydrogens is 266 g/mol. The molecule has 1 aromatic carbocycles. The monoisotopic (exact) mass is 291 g/mol. The van der Waals surface area contributed by atoms with E-state index in [0.717, 1.165) is 23.8 Å². The van der Waals surface area contributed by atoms with Gasteiger partial charge in [-0.15, -0.1) is 0 Å². The largest absolute Gasteiger partial charge is 0.493 e. The van der Waals surface area contributed by atoms with Crippen LogP contribution in [-0.2, 0) is 6.54 Å². The van der Waals surface area contributed by atoms with Crippen LogP contribution in [0.15, 0.2) is 12.1 Å². The molecule has 0 amide bonds. The minimum atomic E-state index is 0.263. The third-order valence-electron chi connectivity index (χ3n) is 4.56. The highest BCUT2D eigenvalue weighted by Crippen LogP contribution is 2.40. The fraction of sp³-hybridized carbons (Fsp3) is 0.647. The molecule has 4 heteroatoms. The van der Waals surface area contributed by atoms with Gasteiger partial charge in [0.25, 0.3) is 0 Å². The van der Waals surface area contributed by atoms with Crippen LogP contribution in [0.2, 0.25) is 0 Å². The Morgan fingerprint density at radius 3 is 2.67 bits per heavy atom. The van der Waals surface area contributed by atoms with E-state index in [1.54, 1.807) is 7.11 Å². The van der Waals surface area contributed by atoms with Gasteiger partial charge in [0.1, 0.15) is 13.2 Å². The Hall–Kier alpha value is -1.42. The highest BCUT2D eigenvalue weighted by atomic mass is 16.6. The summed E-state index contributed by atoms with van der Waals surface area (Å²) in [6.45, 7) is 4.36. The Bertz CT molecular complexity index is 478. The van der Waals surface area contributed by atoms with Crippen molar-refractivity contribution in [3.8, 4) is 17.2 Å². The molecule has 0 spiro atoms. The number of ether oxygens (including phenoxy) is 3. The molecule has 3 rings (SSSR count). The van der Waals surface area contributed by atoms with Crippen molar-refractivity contribution in [2.75, 3.05) is 20.3 Å². The van der Waals surface area contributed by atoms with Gasteiger partial charge in [0.15, 0.2) is 11.5 Å². The summed E-state index contributed by atoms with van der Waals surface area (Å²) in [7, 11) is 1.67. The molecule has 1 saturated carbocycles. The first-order valence-corrected chi connectivity index (χ1v) is 7.92. The zero-order valence-electron chi connectivity index (χ0n) is 13.0. The molecule has 1 aliphatic heterocycles. The minimum absolute atomic E-state index is 0.263. The molecule has 116 valence electrons. The third-order valence-corrected chi connectivity index (χ3v) is 4.56. The molecule has 21 heavy (non-hydrogen) atoms. The van der Waals surface area contributed by atoms with E-state index in [1.165, 1.54) is 37.7 Å². The Kier molecular flexibility index (Phi) is 4.24. The Labute approximate surface area is 126 Å². The summed E-state index contributed by atoms with van der Waals surface area (Å²) >= 11 is 0. The molecule has 4 nitrogen and oxygen atoms in total. The summed E-state index contributed by atoms with van der Waals surface area (Å²) in [5, 5.41) is 3.72. The van der Waals surface area contributed by atoms with E-state index in [9.17, 15) is 0 Å². The first-order chi connectivity index (χ1) is 10.2. The predicted molar refractivity (Wildman–Crippen MR) is 82.3 cm³/mol. The van der Waals surface area contributed by atoms with Gasteiger partial charge in [-0.2, -0.15) is 0 Å². The number of rotatable bonds is 4. The van der Waals surface area contributed by atoms with Gasteiger partial charge in [0.05, 0.1) is 7.11 Å². The quantitative estimate of drug-likeness (QED) is 0.924. The molecule has 0 radical (unpaired) electrons. The van der Waals surface area contributed by atoms with E-state index in [-0.39, 0.29) is 5.54 Å². The molecular formula is C17H25NO3. The second kappa shape index (κ2) is 6.14. The van der Waals surface area contributed by atoms with Crippen molar-refractivity contribution in [2.45, 2.75) is 51.1 Å². The Morgan fingerprint density at radius 2 is 1.90 bits per heavy atom. The van der Waals surface area contributed by atoms with Crippen molar-refractivity contribution >= 4 is 0 Å². The lowest BCUT2D eigenvalue weighted by Gasteiger charge is -2.35. The van der Waals surface area contributed by atoms with Gasteiger partial charge >= 0.3 is 0 Å². The average Bonchev–Trinajstić information content (AvgIpc) is 2.53. The van der Waals surface area contributed by atoms with Gasteiger partial charge in [-0.25, -0.2) is 0 Å². The lowest BCUT2D eigenvalue weighted by Crippen LogP contribution is -2.43. The highest BCUT2D eigenvalue weighted by Gasteiger charge is 2.26. The summed E-state index contributed by atoms with van der Waals surface area (Å²) in [5.74, 6) is 2.29. The summed E-state index contributed by atoms with van der Waals surface area (Å²) in [4.78, 5) is 0. The van der Waals surface area contributed by atoms with Crippen LogP contribution in [0.4, 0.5) is 0 Å². The van der Waals surface area contributed by atoms with Gasteiger partial charge in [-0.3, -0.25) is 0 Å². The zero-order valence-corrected chi connectivity index (χ0v) is 13.0. The van der Waals surface area contributed by atoms with Crippen LogP contribution < -0.4 is 19.5 Å². The van der Waals surface area contributed by atoms with Gasteiger partial charge in [0, 0.05) is 12.1 Å². The summed E-state index contributed by atoms with van der Waals surface area (Å²) in [6.07, 6.45) is 6.54. The normalized spacial score (nSPS) is 20.1. The van der Waals surface area contributed by atoms with Crippen LogP contribution in [0.25, 0.3) is 0 Å². The van der Waals surface area contributed by atoms with Crippen molar-refractivity contribution in [3.63, 3.8) is 0 Å². The van der Waals surface area contributed by atoms with Crippen LogP contribution in [0.3, 0.4) is 0 Å². The molecule has 0 bridgehead atoms. The average molecular weight is 291 g/mol. The van der Waals surface area contributed by atoms with Gasteiger partial charge in [-0.05, 0) is 37.5 Å². The maximum atomic E-state index is 5.69. The van der Waals surface area contributed by atoms with E-state index >= 15 is 0 Å². The third kappa shape index (κ3) is 3.26. The molecule has 0 aromatic heterocycles. The van der Waals surface area contributed by atoms with E-state index in [0.29, 0.717) is 13.2 Å². The summed E-state index contributed by atoms with van der Waals surface area (Å²) < 4.78 is 16.8. The first-order valence-electron chi connectivity index (χ1n) is 7.92. The molecule has 1 N–H and O–H groups in total. The number of nitrogens with one attached hydrogen (secondary N) is 1. The van der Waals surface area contributed by atoms with E-state index in [1.807, 2.05) is 6.07 Å². The van der Waals surface area contributed by atoms with E-state index in [4.69, 9.17) is 14.2 Å². The molecule has 1 aromatic rings. The fourth-order valence-corrected chi connectivity index (χ4v) is 3.25. The zero-order chi connectivity index (χ0) is 14.7. The molecule has 0 unspecified atom stereocenters. The Balaban J connectivity index is 1.73. The number of hydrogen-bond donors (Lipinski definition) is 1. The van der Waals surface area contributed by atoms with Crippen molar-refractivity contribution in [2.24, 2.45) is 0 Å². The summed E-state index contributed by atoms with van der Waals surface area (Å²) in [6, 6.07) is 4.11. The molecule has 0 saturated heterocycles. The fourth-order valence-electron chi connectivity index (χ4n) is 3.25. The van der Waals surface area contributed by atoms with Crippen LogP contribution in [-0.4, -0.2) is 25.9 Å². The van der Waals surface area contributed by atoms with Crippen LogP contribution >= 0.6 is 0 Å². The second-order valence-electron chi connectivity index (χ2n) is 6.30. The number of fused-ring (bicyclic) bond motifs is 1. The van der Waals surface area contributed by atoms with Gasteiger partial charge in [0.2, 0.25) is 5.75 Å². The topological polar surface area (TPSA) is 39.7 Å².